The van der Waals surface area contributed by atoms with Gasteiger partial charge in [-0.15, -0.1) is 0 Å². The van der Waals surface area contributed by atoms with Gasteiger partial charge in [0.2, 0.25) is 0 Å². The molecule has 2 nitrogen and oxygen atoms in total. The highest BCUT2D eigenvalue weighted by atomic mass is 15.1. The highest BCUT2D eigenvalue weighted by Gasteiger charge is 2.18. The number of hydrogen-bond acceptors (Lipinski definition) is 2. The number of nitrogens with two attached hydrogens (primary N) is 1. The van der Waals surface area contributed by atoms with Gasteiger partial charge in [-0.1, -0.05) is 37.3 Å². The van der Waals surface area contributed by atoms with Gasteiger partial charge < -0.3 is 10.6 Å². The Balaban J connectivity index is 1.80. The Hall–Kier alpha value is -1.96. The molecule has 2 heteroatoms. The van der Waals surface area contributed by atoms with Gasteiger partial charge >= 0.3 is 0 Å². The zero-order valence-corrected chi connectivity index (χ0v) is 11.4. The minimum absolute atomic E-state index is 0.854. The van der Waals surface area contributed by atoms with Gasteiger partial charge in [0.1, 0.15) is 0 Å². The third-order valence-electron chi connectivity index (χ3n) is 3.91. The Morgan fingerprint density at radius 2 is 1.79 bits per heavy atom. The van der Waals surface area contributed by atoms with Gasteiger partial charge in [-0.25, -0.2) is 0 Å². The number of aryl methyl sites for hydroxylation is 1. The van der Waals surface area contributed by atoms with Crippen LogP contribution in [0.1, 0.15) is 23.6 Å². The summed E-state index contributed by atoms with van der Waals surface area (Å²) in [5.41, 5.74) is 12.2. The second-order valence-corrected chi connectivity index (χ2v) is 5.23. The van der Waals surface area contributed by atoms with Crippen molar-refractivity contribution >= 4 is 11.4 Å². The highest BCUT2D eigenvalue weighted by Crippen LogP contribution is 2.31. The largest absolute Gasteiger partial charge is 0.399 e. The van der Waals surface area contributed by atoms with Crippen molar-refractivity contribution in [2.45, 2.75) is 26.3 Å². The van der Waals surface area contributed by atoms with Crippen molar-refractivity contribution in [3.05, 3.63) is 59.2 Å². The van der Waals surface area contributed by atoms with E-state index < -0.39 is 0 Å². The minimum atomic E-state index is 0.854. The summed E-state index contributed by atoms with van der Waals surface area (Å²) in [6.07, 6.45) is 2.23. The van der Waals surface area contributed by atoms with Crippen molar-refractivity contribution in [2.24, 2.45) is 0 Å². The fraction of sp³-hybridized carbons (Fsp3) is 0.294. The predicted octanol–water partition coefficient (Wildman–Crippen LogP) is 3.39. The summed E-state index contributed by atoms with van der Waals surface area (Å²) in [6, 6.07) is 15.2. The molecular formula is C17H20N2. The van der Waals surface area contributed by atoms with Crippen LogP contribution >= 0.6 is 0 Å². The molecule has 0 saturated heterocycles. The zero-order valence-electron chi connectivity index (χ0n) is 11.4. The molecule has 2 aromatic rings. The molecule has 98 valence electrons. The first-order chi connectivity index (χ1) is 9.26. The van der Waals surface area contributed by atoms with E-state index >= 15 is 0 Å². The van der Waals surface area contributed by atoms with Crippen molar-refractivity contribution < 1.29 is 0 Å². The normalized spacial score (nSPS) is 13.6. The lowest BCUT2D eigenvalue weighted by Crippen LogP contribution is -2.19. The van der Waals surface area contributed by atoms with Crippen LogP contribution < -0.4 is 10.6 Å². The SMILES string of the molecule is CCc1ccc(CN2CCc3ccc(N)cc32)cc1. The molecule has 0 aliphatic carbocycles. The number of fused-ring (bicyclic) bond motifs is 1. The lowest BCUT2D eigenvalue weighted by atomic mass is 10.1. The van der Waals surface area contributed by atoms with Crippen molar-refractivity contribution in [1.82, 2.24) is 0 Å². The lowest BCUT2D eigenvalue weighted by Gasteiger charge is -2.20. The van der Waals surface area contributed by atoms with Gasteiger partial charge in [-0.3, -0.25) is 0 Å². The van der Waals surface area contributed by atoms with Gasteiger partial charge in [-0.05, 0) is 41.7 Å². The minimum Gasteiger partial charge on any atom is -0.399 e. The van der Waals surface area contributed by atoms with Crippen LogP contribution in [0.3, 0.4) is 0 Å². The molecule has 0 unspecified atom stereocenters. The van der Waals surface area contributed by atoms with E-state index in [0.717, 1.165) is 31.6 Å². The molecule has 1 aliphatic rings. The van der Waals surface area contributed by atoms with Crippen LogP contribution in [0.5, 0.6) is 0 Å². The van der Waals surface area contributed by atoms with E-state index in [9.17, 15) is 0 Å². The second kappa shape index (κ2) is 4.96. The first-order valence-corrected chi connectivity index (χ1v) is 6.97. The highest BCUT2D eigenvalue weighted by molar-refractivity contribution is 5.64. The first-order valence-electron chi connectivity index (χ1n) is 6.97. The zero-order chi connectivity index (χ0) is 13.2. The average Bonchev–Trinajstić information content (AvgIpc) is 2.82. The van der Waals surface area contributed by atoms with Crippen molar-refractivity contribution in [3.63, 3.8) is 0 Å². The number of anilines is 2. The quantitative estimate of drug-likeness (QED) is 0.848. The maximum Gasteiger partial charge on any atom is 0.0429 e. The molecule has 0 atom stereocenters. The molecule has 0 radical (unpaired) electrons. The molecule has 0 bridgehead atoms. The fourth-order valence-corrected chi connectivity index (χ4v) is 2.73. The number of benzene rings is 2. The maximum absolute atomic E-state index is 5.90. The Kier molecular flexibility index (Phi) is 3.16. The standard InChI is InChI=1S/C17H20N2/c1-2-13-3-5-14(6-4-13)12-19-10-9-15-7-8-16(18)11-17(15)19/h3-8,11H,2,9-10,12,18H2,1H3. The molecule has 3 rings (SSSR count). The number of rotatable bonds is 3. The molecule has 0 aromatic heterocycles. The van der Waals surface area contributed by atoms with Crippen LogP contribution in [0, 0.1) is 0 Å². The molecule has 19 heavy (non-hydrogen) atoms. The van der Waals surface area contributed by atoms with Crippen LogP contribution in [-0.4, -0.2) is 6.54 Å². The van der Waals surface area contributed by atoms with Crippen LogP contribution in [0.4, 0.5) is 11.4 Å². The summed E-state index contributed by atoms with van der Waals surface area (Å²) in [4.78, 5) is 2.42. The molecule has 0 saturated carbocycles. The molecular weight excluding hydrogens is 232 g/mol. The summed E-state index contributed by atoms with van der Waals surface area (Å²) in [5, 5.41) is 0. The van der Waals surface area contributed by atoms with E-state index in [1.54, 1.807) is 0 Å². The summed E-state index contributed by atoms with van der Waals surface area (Å²) < 4.78 is 0. The molecule has 2 N–H and O–H groups in total. The third kappa shape index (κ3) is 2.43. The molecule has 1 heterocycles. The topological polar surface area (TPSA) is 29.3 Å². The second-order valence-electron chi connectivity index (χ2n) is 5.23. The Labute approximate surface area is 114 Å². The smallest absolute Gasteiger partial charge is 0.0429 e. The fourth-order valence-electron chi connectivity index (χ4n) is 2.73. The number of nitrogen functional groups attached to an aromatic ring is 1. The van der Waals surface area contributed by atoms with E-state index in [2.05, 4.69) is 48.2 Å². The van der Waals surface area contributed by atoms with E-state index in [4.69, 9.17) is 5.73 Å². The molecule has 0 spiro atoms. The van der Waals surface area contributed by atoms with Gasteiger partial charge in [0.15, 0.2) is 0 Å². The summed E-state index contributed by atoms with van der Waals surface area (Å²) in [6.45, 7) is 4.25. The van der Waals surface area contributed by atoms with Crippen molar-refractivity contribution in [3.8, 4) is 0 Å². The maximum atomic E-state index is 5.90. The summed E-state index contributed by atoms with van der Waals surface area (Å²) in [5.74, 6) is 0. The van der Waals surface area contributed by atoms with Crippen LogP contribution in [0.2, 0.25) is 0 Å². The number of hydrogen-bond donors (Lipinski definition) is 1. The molecule has 0 amide bonds. The van der Waals surface area contributed by atoms with Crippen molar-refractivity contribution in [1.29, 1.82) is 0 Å². The van der Waals surface area contributed by atoms with E-state index in [1.807, 2.05) is 6.07 Å². The van der Waals surface area contributed by atoms with E-state index in [0.29, 0.717) is 0 Å². The van der Waals surface area contributed by atoms with Crippen LogP contribution in [0.15, 0.2) is 42.5 Å². The first kappa shape index (κ1) is 12.1. The van der Waals surface area contributed by atoms with Gasteiger partial charge in [-0.2, -0.15) is 0 Å². The Morgan fingerprint density at radius 3 is 2.53 bits per heavy atom. The van der Waals surface area contributed by atoms with Gasteiger partial charge in [0.05, 0.1) is 0 Å². The number of nitrogens with zero attached hydrogens (tertiary/aromatic N) is 1. The Morgan fingerprint density at radius 1 is 1.05 bits per heavy atom. The average molecular weight is 252 g/mol. The lowest BCUT2D eigenvalue weighted by molar-refractivity contribution is 0.835. The van der Waals surface area contributed by atoms with E-state index in [-0.39, 0.29) is 0 Å². The van der Waals surface area contributed by atoms with E-state index in [1.165, 1.54) is 22.4 Å². The third-order valence-corrected chi connectivity index (χ3v) is 3.91. The summed E-state index contributed by atoms with van der Waals surface area (Å²) >= 11 is 0. The monoisotopic (exact) mass is 252 g/mol. The summed E-state index contributed by atoms with van der Waals surface area (Å²) in [7, 11) is 0. The van der Waals surface area contributed by atoms with Crippen molar-refractivity contribution in [2.75, 3.05) is 17.2 Å². The molecule has 2 aromatic carbocycles. The van der Waals surface area contributed by atoms with Gasteiger partial charge in [0.25, 0.3) is 0 Å². The van der Waals surface area contributed by atoms with Crippen LogP contribution in [0.25, 0.3) is 0 Å². The molecule has 0 fully saturated rings. The molecule has 1 aliphatic heterocycles. The van der Waals surface area contributed by atoms with Crippen LogP contribution in [-0.2, 0) is 19.4 Å². The van der Waals surface area contributed by atoms with Gasteiger partial charge in [0, 0.05) is 24.5 Å². The Bertz CT molecular complexity index is 572. The predicted molar refractivity (Wildman–Crippen MR) is 81.4 cm³/mol.